The number of benzene rings is 2. The molecule has 1 amide bonds. The normalized spacial score (nSPS) is 18.6. The van der Waals surface area contributed by atoms with Gasteiger partial charge in [-0.1, -0.05) is 12.1 Å². The van der Waals surface area contributed by atoms with Crippen molar-refractivity contribution >= 4 is 17.4 Å². The Hall–Kier alpha value is -3.19. The minimum atomic E-state index is -0.839. The van der Waals surface area contributed by atoms with E-state index in [0.29, 0.717) is 25.1 Å². The summed E-state index contributed by atoms with van der Waals surface area (Å²) in [4.78, 5) is 28.9. The predicted octanol–water partition coefficient (Wildman–Crippen LogP) is 2.90. The van der Waals surface area contributed by atoms with E-state index in [4.69, 9.17) is 0 Å². The van der Waals surface area contributed by atoms with Gasteiger partial charge in [0.15, 0.2) is 0 Å². The van der Waals surface area contributed by atoms with Gasteiger partial charge in [0.25, 0.3) is 11.7 Å². The Labute approximate surface area is 168 Å². The largest absolute Gasteiger partial charge is 0.508 e. The zero-order chi connectivity index (χ0) is 21.1. The Morgan fingerprint density at radius 1 is 1.14 bits per heavy atom. The van der Waals surface area contributed by atoms with Crippen LogP contribution in [0.4, 0.5) is 4.39 Å². The molecule has 1 heterocycles. The van der Waals surface area contributed by atoms with E-state index in [0.717, 1.165) is 0 Å². The number of hydrogen-bond acceptors (Lipinski definition) is 5. The van der Waals surface area contributed by atoms with Crippen molar-refractivity contribution in [2.45, 2.75) is 12.5 Å². The molecule has 1 saturated heterocycles. The summed E-state index contributed by atoms with van der Waals surface area (Å²) in [5.74, 6) is -2.36. The number of rotatable bonds is 6. The van der Waals surface area contributed by atoms with Crippen molar-refractivity contribution in [3.8, 4) is 5.75 Å². The van der Waals surface area contributed by atoms with Crippen LogP contribution in [0.2, 0.25) is 0 Å². The molecule has 1 atom stereocenters. The Morgan fingerprint density at radius 3 is 2.45 bits per heavy atom. The predicted molar refractivity (Wildman–Crippen MR) is 107 cm³/mol. The summed E-state index contributed by atoms with van der Waals surface area (Å²) in [6.07, 6.45) is 0.631. The second-order valence-electron chi connectivity index (χ2n) is 7.25. The SMILES string of the molecule is CN(C)CCCN1C(=O)C(=O)/C(=C(\O)c2ccc(F)cc2)C1c1cccc(O)c1. The molecule has 29 heavy (non-hydrogen) atoms. The zero-order valence-corrected chi connectivity index (χ0v) is 16.3. The first-order valence-corrected chi connectivity index (χ1v) is 9.27. The van der Waals surface area contributed by atoms with Crippen molar-refractivity contribution < 1.29 is 24.2 Å². The molecule has 2 aromatic rings. The molecule has 0 bridgehead atoms. The fraction of sp³-hybridized carbons (Fsp3) is 0.273. The monoisotopic (exact) mass is 398 g/mol. The van der Waals surface area contributed by atoms with Crippen LogP contribution in [0.15, 0.2) is 54.1 Å². The number of ketones is 1. The van der Waals surface area contributed by atoms with Gasteiger partial charge in [-0.2, -0.15) is 0 Å². The van der Waals surface area contributed by atoms with Gasteiger partial charge >= 0.3 is 0 Å². The molecule has 0 aliphatic carbocycles. The summed E-state index contributed by atoms with van der Waals surface area (Å²) in [6.45, 7) is 1.02. The smallest absolute Gasteiger partial charge is 0.295 e. The molecule has 0 radical (unpaired) electrons. The Kier molecular flexibility index (Phi) is 5.98. The third kappa shape index (κ3) is 4.30. The molecule has 2 aromatic carbocycles. The van der Waals surface area contributed by atoms with Crippen molar-refractivity contribution in [1.82, 2.24) is 9.80 Å². The maximum Gasteiger partial charge on any atom is 0.295 e. The zero-order valence-electron chi connectivity index (χ0n) is 16.3. The van der Waals surface area contributed by atoms with Crippen LogP contribution in [0, 0.1) is 5.82 Å². The van der Waals surface area contributed by atoms with Crippen molar-refractivity contribution in [2.75, 3.05) is 27.2 Å². The topological polar surface area (TPSA) is 81.1 Å². The fourth-order valence-corrected chi connectivity index (χ4v) is 3.47. The quantitative estimate of drug-likeness (QED) is 0.444. The van der Waals surface area contributed by atoms with Gasteiger partial charge in [-0.05, 0) is 69.0 Å². The summed E-state index contributed by atoms with van der Waals surface area (Å²) < 4.78 is 13.3. The molecule has 1 unspecified atom stereocenters. The fourth-order valence-electron chi connectivity index (χ4n) is 3.47. The lowest BCUT2D eigenvalue weighted by molar-refractivity contribution is -0.139. The van der Waals surface area contributed by atoms with Crippen LogP contribution in [0.3, 0.4) is 0 Å². The number of Topliss-reactive ketones (excluding diaryl/α,β-unsaturated/α-hetero) is 1. The molecule has 1 aliphatic rings. The number of aliphatic hydroxyl groups is 1. The number of aromatic hydroxyl groups is 1. The number of carbonyl (C=O) groups is 2. The van der Waals surface area contributed by atoms with Gasteiger partial charge in [-0.3, -0.25) is 9.59 Å². The van der Waals surface area contributed by atoms with Crippen LogP contribution >= 0.6 is 0 Å². The highest BCUT2D eigenvalue weighted by molar-refractivity contribution is 6.46. The number of hydrogen-bond donors (Lipinski definition) is 2. The second kappa shape index (κ2) is 8.45. The van der Waals surface area contributed by atoms with Crippen LogP contribution in [0.1, 0.15) is 23.6 Å². The summed E-state index contributed by atoms with van der Waals surface area (Å²) in [7, 11) is 3.82. The molecule has 7 heteroatoms. The van der Waals surface area contributed by atoms with Crippen molar-refractivity contribution in [3.05, 3.63) is 71.0 Å². The summed E-state index contributed by atoms with van der Waals surface area (Å²) in [6, 6.07) is 10.5. The number of carbonyl (C=O) groups excluding carboxylic acids is 2. The van der Waals surface area contributed by atoms with E-state index in [-0.39, 0.29) is 22.6 Å². The molecular formula is C22H23FN2O4. The van der Waals surface area contributed by atoms with E-state index >= 15 is 0 Å². The maximum absolute atomic E-state index is 13.3. The molecule has 0 spiro atoms. The van der Waals surface area contributed by atoms with Crippen molar-refractivity contribution in [3.63, 3.8) is 0 Å². The average Bonchev–Trinajstić information content (AvgIpc) is 2.93. The van der Waals surface area contributed by atoms with Gasteiger partial charge in [0.05, 0.1) is 11.6 Å². The lowest BCUT2D eigenvalue weighted by Gasteiger charge is -2.26. The molecule has 1 fully saturated rings. The number of aliphatic hydroxyl groups excluding tert-OH is 1. The minimum Gasteiger partial charge on any atom is -0.508 e. The Morgan fingerprint density at radius 2 is 1.83 bits per heavy atom. The average molecular weight is 398 g/mol. The lowest BCUT2D eigenvalue weighted by atomic mass is 9.95. The third-order valence-electron chi connectivity index (χ3n) is 4.85. The van der Waals surface area contributed by atoms with Gasteiger partial charge in [0, 0.05) is 12.1 Å². The molecule has 0 aromatic heterocycles. The number of halogens is 1. The molecule has 0 saturated carbocycles. The number of phenols is 1. The van der Waals surface area contributed by atoms with Crippen molar-refractivity contribution in [1.29, 1.82) is 0 Å². The van der Waals surface area contributed by atoms with Crippen molar-refractivity contribution in [2.24, 2.45) is 0 Å². The molecular weight excluding hydrogens is 375 g/mol. The first kappa shape index (κ1) is 20.5. The van der Waals surface area contributed by atoms with Crippen LogP contribution in [0.5, 0.6) is 5.75 Å². The van der Waals surface area contributed by atoms with Gasteiger partial charge in [0.2, 0.25) is 0 Å². The van der Waals surface area contributed by atoms with Gasteiger partial charge in [0.1, 0.15) is 17.3 Å². The molecule has 2 N–H and O–H groups in total. The first-order valence-electron chi connectivity index (χ1n) is 9.27. The molecule has 1 aliphatic heterocycles. The van der Waals surface area contributed by atoms with E-state index in [9.17, 15) is 24.2 Å². The van der Waals surface area contributed by atoms with E-state index in [1.165, 1.54) is 41.3 Å². The van der Waals surface area contributed by atoms with E-state index < -0.39 is 23.5 Å². The second-order valence-corrected chi connectivity index (χ2v) is 7.25. The van der Waals surface area contributed by atoms with Crippen LogP contribution in [0.25, 0.3) is 5.76 Å². The summed E-state index contributed by atoms with van der Waals surface area (Å²) >= 11 is 0. The van der Waals surface area contributed by atoms with Gasteiger partial charge in [-0.25, -0.2) is 4.39 Å². The maximum atomic E-state index is 13.3. The van der Waals surface area contributed by atoms with E-state index in [2.05, 4.69) is 0 Å². The van der Waals surface area contributed by atoms with Crippen LogP contribution in [-0.2, 0) is 9.59 Å². The van der Waals surface area contributed by atoms with Gasteiger partial charge in [-0.15, -0.1) is 0 Å². The minimum absolute atomic E-state index is 0.0110. The summed E-state index contributed by atoms with van der Waals surface area (Å²) in [5.41, 5.74) is 0.678. The number of amides is 1. The highest BCUT2D eigenvalue weighted by atomic mass is 19.1. The molecule has 3 rings (SSSR count). The molecule has 152 valence electrons. The third-order valence-corrected chi connectivity index (χ3v) is 4.85. The van der Waals surface area contributed by atoms with E-state index in [1.807, 2.05) is 19.0 Å². The first-order chi connectivity index (χ1) is 13.8. The Bertz CT molecular complexity index is 954. The van der Waals surface area contributed by atoms with Crippen LogP contribution < -0.4 is 0 Å². The highest BCUT2D eigenvalue weighted by Gasteiger charge is 2.45. The lowest BCUT2D eigenvalue weighted by Crippen LogP contribution is -2.32. The van der Waals surface area contributed by atoms with Crippen LogP contribution in [-0.4, -0.2) is 58.9 Å². The molecule has 6 nitrogen and oxygen atoms in total. The highest BCUT2D eigenvalue weighted by Crippen LogP contribution is 2.40. The number of phenolic OH excluding ortho intramolecular Hbond substituents is 1. The number of nitrogens with zero attached hydrogens (tertiary/aromatic N) is 2. The number of likely N-dealkylation sites (tertiary alicyclic amines) is 1. The summed E-state index contributed by atoms with van der Waals surface area (Å²) in [5, 5.41) is 20.7. The van der Waals surface area contributed by atoms with E-state index in [1.54, 1.807) is 12.1 Å². The van der Waals surface area contributed by atoms with Gasteiger partial charge < -0.3 is 20.0 Å². The Balaban J connectivity index is 2.09. The standard InChI is InChI=1S/C22H23FN2O4/c1-24(2)11-4-12-25-19(15-5-3-6-17(26)13-15)18(21(28)22(25)29)20(27)14-7-9-16(23)10-8-14/h3,5-10,13,19,26-27H,4,11-12H2,1-2H3/b20-18-.